The Labute approximate surface area is 124 Å². The summed E-state index contributed by atoms with van der Waals surface area (Å²) in [5, 5.41) is 0. The lowest BCUT2D eigenvalue weighted by Gasteiger charge is -2.23. The first kappa shape index (κ1) is 15.7. The first-order chi connectivity index (χ1) is 8.61. The quantitative estimate of drug-likeness (QED) is 0.617. The zero-order chi connectivity index (χ0) is 13.5. The predicted molar refractivity (Wildman–Crippen MR) is 90.4 cm³/mol. The van der Waals surface area contributed by atoms with Crippen molar-refractivity contribution in [1.29, 1.82) is 0 Å². The minimum absolute atomic E-state index is 0.484. The number of hydrogen-bond donors (Lipinski definition) is 1. The van der Waals surface area contributed by atoms with E-state index in [1.165, 1.54) is 4.90 Å². The van der Waals surface area contributed by atoms with E-state index in [1.54, 1.807) is 11.8 Å². The third-order valence-electron chi connectivity index (χ3n) is 2.59. The molecule has 0 radical (unpaired) electrons. The fraction of sp³-hybridized carbons (Fsp3) is 0.462. The van der Waals surface area contributed by atoms with Gasteiger partial charge in [0.25, 0.3) is 0 Å². The largest absolute Gasteiger partial charge is 0.389 e. The SMILES string of the molecule is CCSc1cccc(N(C)CCSC)c1C(N)=S. The molecule has 18 heavy (non-hydrogen) atoms. The molecule has 0 aliphatic rings. The van der Waals surface area contributed by atoms with E-state index in [4.69, 9.17) is 18.0 Å². The molecule has 0 aromatic heterocycles. The zero-order valence-corrected chi connectivity index (χ0v) is 13.6. The Balaban J connectivity index is 3.09. The average molecular weight is 301 g/mol. The van der Waals surface area contributed by atoms with Gasteiger partial charge in [-0.05, 0) is 24.1 Å². The van der Waals surface area contributed by atoms with E-state index in [1.807, 2.05) is 11.8 Å². The summed E-state index contributed by atoms with van der Waals surface area (Å²) in [6.45, 7) is 3.13. The highest BCUT2D eigenvalue weighted by Gasteiger charge is 2.13. The van der Waals surface area contributed by atoms with Crippen LogP contribution in [0.1, 0.15) is 12.5 Å². The summed E-state index contributed by atoms with van der Waals surface area (Å²) >= 11 is 8.84. The molecule has 2 N–H and O–H groups in total. The van der Waals surface area contributed by atoms with Crippen LogP contribution in [-0.4, -0.2) is 36.3 Å². The van der Waals surface area contributed by atoms with Crippen molar-refractivity contribution in [2.75, 3.05) is 36.3 Å². The van der Waals surface area contributed by atoms with Crippen molar-refractivity contribution in [3.8, 4) is 0 Å². The molecule has 0 unspecified atom stereocenters. The van der Waals surface area contributed by atoms with Crippen molar-refractivity contribution < 1.29 is 0 Å². The van der Waals surface area contributed by atoms with Crippen molar-refractivity contribution in [3.63, 3.8) is 0 Å². The van der Waals surface area contributed by atoms with E-state index in [-0.39, 0.29) is 0 Å². The van der Waals surface area contributed by atoms with E-state index < -0.39 is 0 Å². The van der Waals surface area contributed by atoms with Crippen molar-refractivity contribution in [1.82, 2.24) is 0 Å². The van der Waals surface area contributed by atoms with Gasteiger partial charge in [0.05, 0.1) is 0 Å². The molecule has 0 amide bonds. The van der Waals surface area contributed by atoms with Crippen molar-refractivity contribution in [2.24, 2.45) is 5.73 Å². The molecule has 0 fully saturated rings. The minimum Gasteiger partial charge on any atom is -0.389 e. The summed E-state index contributed by atoms with van der Waals surface area (Å²) in [5.74, 6) is 2.12. The van der Waals surface area contributed by atoms with Gasteiger partial charge in [-0.3, -0.25) is 0 Å². The minimum atomic E-state index is 0.484. The summed E-state index contributed by atoms with van der Waals surface area (Å²) in [4.78, 5) is 3.89. The van der Waals surface area contributed by atoms with Gasteiger partial charge in [0.1, 0.15) is 4.99 Å². The Morgan fingerprint density at radius 1 is 1.44 bits per heavy atom. The van der Waals surface area contributed by atoms with Crippen molar-refractivity contribution in [3.05, 3.63) is 23.8 Å². The number of anilines is 1. The highest BCUT2D eigenvalue weighted by Crippen LogP contribution is 2.30. The molecule has 0 heterocycles. The molecular weight excluding hydrogens is 280 g/mol. The van der Waals surface area contributed by atoms with Crippen LogP contribution in [0, 0.1) is 0 Å². The van der Waals surface area contributed by atoms with Gasteiger partial charge in [-0.15, -0.1) is 11.8 Å². The average Bonchev–Trinajstić information content (AvgIpc) is 2.35. The van der Waals surface area contributed by atoms with Gasteiger partial charge in [0.15, 0.2) is 0 Å². The van der Waals surface area contributed by atoms with Gasteiger partial charge in [-0.2, -0.15) is 11.8 Å². The molecule has 0 saturated carbocycles. The second-order valence-corrected chi connectivity index (χ2v) is 6.59. The maximum atomic E-state index is 5.90. The Hall–Kier alpha value is -0.390. The highest BCUT2D eigenvalue weighted by atomic mass is 32.2. The van der Waals surface area contributed by atoms with Crippen LogP contribution >= 0.6 is 35.7 Å². The molecule has 0 spiro atoms. The molecule has 1 aromatic rings. The first-order valence-electron chi connectivity index (χ1n) is 5.87. The highest BCUT2D eigenvalue weighted by molar-refractivity contribution is 7.99. The normalized spacial score (nSPS) is 10.4. The molecule has 0 atom stereocenters. The molecule has 2 nitrogen and oxygen atoms in total. The van der Waals surface area contributed by atoms with Crippen LogP contribution in [-0.2, 0) is 0 Å². The Bertz CT molecular complexity index is 407. The first-order valence-corrected chi connectivity index (χ1v) is 8.66. The van der Waals surface area contributed by atoms with Crippen molar-refractivity contribution >= 4 is 46.4 Å². The Kier molecular flexibility index (Phi) is 6.89. The zero-order valence-electron chi connectivity index (χ0n) is 11.1. The van der Waals surface area contributed by atoms with Crippen LogP contribution in [0.5, 0.6) is 0 Å². The monoisotopic (exact) mass is 300 g/mol. The number of thioether (sulfide) groups is 2. The van der Waals surface area contributed by atoms with E-state index in [2.05, 4.69) is 43.3 Å². The van der Waals surface area contributed by atoms with E-state index in [0.717, 1.165) is 29.3 Å². The van der Waals surface area contributed by atoms with Gasteiger partial charge in [0.2, 0.25) is 0 Å². The van der Waals surface area contributed by atoms with Crippen LogP contribution in [0.2, 0.25) is 0 Å². The smallest absolute Gasteiger partial charge is 0.107 e. The maximum Gasteiger partial charge on any atom is 0.107 e. The number of nitrogens with two attached hydrogens (primary N) is 1. The van der Waals surface area contributed by atoms with Crippen LogP contribution in [0.3, 0.4) is 0 Å². The third kappa shape index (κ3) is 4.07. The molecule has 0 saturated heterocycles. The van der Waals surface area contributed by atoms with Gasteiger partial charge < -0.3 is 10.6 Å². The standard InChI is InChI=1S/C13H20N2S3/c1-4-18-11-7-5-6-10(12(11)13(14)16)15(2)8-9-17-3/h5-7H,4,8-9H2,1-3H3,(H2,14,16). The molecule has 1 rings (SSSR count). The lowest BCUT2D eigenvalue weighted by atomic mass is 10.1. The number of thiocarbonyl (C=S) groups is 1. The lowest BCUT2D eigenvalue weighted by Crippen LogP contribution is -2.24. The summed E-state index contributed by atoms with van der Waals surface area (Å²) < 4.78 is 0. The summed E-state index contributed by atoms with van der Waals surface area (Å²) in [5.41, 5.74) is 8.05. The molecule has 0 bridgehead atoms. The molecule has 1 aromatic carbocycles. The van der Waals surface area contributed by atoms with Gasteiger partial charge in [0, 0.05) is 35.5 Å². The number of benzene rings is 1. The van der Waals surface area contributed by atoms with E-state index >= 15 is 0 Å². The van der Waals surface area contributed by atoms with Crippen LogP contribution in [0.25, 0.3) is 0 Å². The predicted octanol–water partition coefficient (Wildman–Crippen LogP) is 3.23. The van der Waals surface area contributed by atoms with Crippen LogP contribution < -0.4 is 10.6 Å². The summed E-state index contributed by atoms with van der Waals surface area (Å²) in [7, 11) is 2.09. The van der Waals surface area contributed by atoms with E-state index in [0.29, 0.717) is 4.99 Å². The molecule has 0 aliphatic carbocycles. The summed E-state index contributed by atoms with van der Waals surface area (Å²) in [6, 6.07) is 6.26. The molecular formula is C13H20N2S3. The number of hydrogen-bond acceptors (Lipinski definition) is 4. The lowest BCUT2D eigenvalue weighted by molar-refractivity contribution is 0.972. The van der Waals surface area contributed by atoms with Gasteiger partial charge in [-0.1, -0.05) is 25.2 Å². The van der Waals surface area contributed by atoms with E-state index in [9.17, 15) is 0 Å². The fourth-order valence-corrected chi connectivity index (χ4v) is 3.29. The molecule has 100 valence electrons. The Morgan fingerprint density at radius 2 is 2.17 bits per heavy atom. The number of rotatable bonds is 7. The Morgan fingerprint density at radius 3 is 2.72 bits per heavy atom. The second kappa shape index (κ2) is 7.92. The van der Waals surface area contributed by atoms with Gasteiger partial charge >= 0.3 is 0 Å². The second-order valence-electron chi connectivity index (χ2n) is 3.86. The summed E-state index contributed by atoms with van der Waals surface area (Å²) in [6.07, 6.45) is 2.12. The maximum absolute atomic E-state index is 5.90. The number of nitrogens with zero attached hydrogens (tertiary/aromatic N) is 1. The van der Waals surface area contributed by atoms with Crippen molar-refractivity contribution in [2.45, 2.75) is 11.8 Å². The topological polar surface area (TPSA) is 29.3 Å². The van der Waals surface area contributed by atoms with Gasteiger partial charge in [-0.25, -0.2) is 0 Å². The molecule has 0 aliphatic heterocycles. The van der Waals surface area contributed by atoms with Crippen LogP contribution in [0.15, 0.2) is 23.1 Å². The molecule has 5 heteroatoms. The fourth-order valence-electron chi connectivity index (χ4n) is 1.71. The van der Waals surface area contributed by atoms with Crippen LogP contribution in [0.4, 0.5) is 5.69 Å². The third-order valence-corrected chi connectivity index (χ3v) is 4.33.